The monoisotopic (exact) mass is 185 g/mol. The predicted octanol–water partition coefficient (Wildman–Crippen LogP) is 1.33. The molecule has 0 aromatic rings. The standard InChI is InChI=1S/C10H19NO2/c1-3-9-8(5-6-13-9)7-11-10(12)4-2/h8-9H,3-7H2,1-2H3,(H,11,12). The van der Waals surface area contributed by atoms with Gasteiger partial charge in [0.15, 0.2) is 0 Å². The molecule has 0 saturated carbocycles. The van der Waals surface area contributed by atoms with E-state index in [9.17, 15) is 4.79 Å². The Morgan fingerprint density at radius 2 is 2.31 bits per heavy atom. The maximum atomic E-state index is 11.0. The Bertz CT molecular complexity index is 170. The minimum absolute atomic E-state index is 0.141. The van der Waals surface area contributed by atoms with Crippen LogP contribution in [0.2, 0.25) is 0 Å². The summed E-state index contributed by atoms with van der Waals surface area (Å²) in [5.74, 6) is 0.669. The van der Waals surface area contributed by atoms with Crippen LogP contribution in [0, 0.1) is 5.92 Å². The predicted molar refractivity (Wildman–Crippen MR) is 51.4 cm³/mol. The van der Waals surface area contributed by atoms with Gasteiger partial charge in [0.1, 0.15) is 0 Å². The zero-order valence-corrected chi connectivity index (χ0v) is 8.51. The van der Waals surface area contributed by atoms with Crippen LogP contribution in [0.5, 0.6) is 0 Å². The van der Waals surface area contributed by atoms with Crippen LogP contribution in [0.3, 0.4) is 0 Å². The maximum absolute atomic E-state index is 11.0. The summed E-state index contributed by atoms with van der Waals surface area (Å²) in [7, 11) is 0. The molecule has 1 amide bonds. The summed E-state index contributed by atoms with van der Waals surface area (Å²) in [5.41, 5.74) is 0. The number of carbonyl (C=O) groups excluding carboxylic acids is 1. The lowest BCUT2D eigenvalue weighted by molar-refractivity contribution is -0.121. The summed E-state index contributed by atoms with van der Waals surface area (Å²) in [6.07, 6.45) is 3.07. The number of rotatable bonds is 4. The third-order valence-electron chi connectivity index (χ3n) is 2.63. The summed E-state index contributed by atoms with van der Waals surface area (Å²) in [6.45, 7) is 5.64. The van der Waals surface area contributed by atoms with Gasteiger partial charge in [-0.3, -0.25) is 4.79 Å². The lowest BCUT2D eigenvalue weighted by atomic mass is 10.00. The Morgan fingerprint density at radius 1 is 1.54 bits per heavy atom. The van der Waals surface area contributed by atoms with Gasteiger partial charge in [-0.2, -0.15) is 0 Å². The molecule has 1 aliphatic rings. The van der Waals surface area contributed by atoms with E-state index in [1.54, 1.807) is 0 Å². The van der Waals surface area contributed by atoms with E-state index in [0.29, 0.717) is 18.4 Å². The molecule has 1 fully saturated rings. The molecule has 2 unspecified atom stereocenters. The van der Waals surface area contributed by atoms with Crippen molar-refractivity contribution >= 4 is 5.91 Å². The number of hydrogen-bond acceptors (Lipinski definition) is 2. The third kappa shape index (κ3) is 2.99. The minimum atomic E-state index is 0.141. The van der Waals surface area contributed by atoms with Gasteiger partial charge >= 0.3 is 0 Å². The number of ether oxygens (including phenoxy) is 1. The van der Waals surface area contributed by atoms with Crippen molar-refractivity contribution in [2.45, 2.75) is 39.2 Å². The van der Waals surface area contributed by atoms with E-state index in [4.69, 9.17) is 4.74 Å². The van der Waals surface area contributed by atoms with Gasteiger partial charge in [0.2, 0.25) is 5.91 Å². The van der Waals surface area contributed by atoms with Gasteiger partial charge in [0.05, 0.1) is 6.10 Å². The van der Waals surface area contributed by atoms with Crippen LogP contribution in [-0.4, -0.2) is 25.2 Å². The SMILES string of the molecule is CCC(=O)NCC1CCOC1CC. The lowest BCUT2D eigenvalue weighted by Gasteiger charge is -2.16. The largest absolute Gasteiger partial charge is 0.378 e. The topological polar surface area (TPSA) is 38.3 Å². The van der Waals surface area contributed by atoms with Crippen molar-refractivity contribution in [3.8, 4) is 0 Å². The molecule has 2 atom stereocenters. The average Bonchev–Trinajstić information content (AvgIpc) is 2.61. The second-order valence-electron chi connectivity index (χ2n) is 3.52. The summed E-state index contributed by atoms with van der Waals surface area (Å²) in [5, 5.41) is 2.92. The van der Waals surface area contributed by atoms with Gasteiger partial charge in [0, 0.05) is 25.5 Å². The lowest BCUT2D eigenvalue weighted by Crippen LogP contribution is -2.32. The van der Waals surface area contributed by atoms with Crippen LogP contribution in [0.25, 0.3) is 0 Å². The van der Waals surface area contributed by atoms with Gasteiger partial charge in [-0.1, -0.05) is 13.8 Å². The fourth-order valence-electron chi connectivity index (χ4n) is 1.75. The normalized spacial score (nSPS) is 27.5. The molecule has 1 heterocycles. The summed E-state index contributed by atoms with van der Waals surface area (Å²) < 4.78 is 5.53. The first-order valence-corrected chi connectivity index (χ1v) is 5.16. The summed E-state index contributed by atoms with van der Waals surface area (Å²) >= 11 is 0. The molecule has 1 aliphatic heterocycles. The second kappa shape index (κ2) is 5.22. The van der Waals surface area contributed by atoms with Crippen LogP contribution in [0.15, 0.2) is 0 Å². The van der Waals surface area contributed by atoms with E-state index in [2.05, 4.69) is 12.2 Å². The van der Waals surface area contributed by atoms with Gasteiger partial charge in [0.25, 0.3) is 0 Å². The Hall–Kier alpha value is -0.570. The zero-order valence-electron chi connectivity index (χ0n) is 8.51. The highest BCUT2D eigenvalue weighted by Crippen LogP contribution is 2.22. The van der Waals surface area contributed by atoms with Gasteiger partial charge in [-0.25, -0.2) is 0 Å². The zero-order chi connectivity index (χ0) is 9.68. The van der Waals surface area contributed by atoms with Gasteiger partial charge in [-0.05, 0) is 12.8 Å². The van der Waals surface area contributed by atoms with E-state index in [1.807, 2.05) is 6.92 Å². The summed E-state index contributed by atoms with van der Waals surface area (Å²) in [4.78, 5) is 11.0. The fraction of sp³-hybridized carbons (Fsp3) is 0.900. The Kier molecular flexibility index (Phi) is 4.22. The molecule has 76 valence electrons. The minimum Gasteiger partial charge on any atom is -0.378 e. The number of nitrogens with one attached hydrogen (secondary N) is 1. The van der Waals surface area contributed by atoms with Gasteiger partial charge < -0.3 is 10.1 Å². The molecule has 0 aliphatic carbocycles. The van der Waals surface area contributed by atoms with E-state index < -0.39 is 0 Å². The van der Waals surface area contributed by atoms with E-state index in [1.165, 1.54) is 0 Å². The van der Waals surface area contributed by atoms with E-state index >= 15 is 0 Å². The number of hydrogen-bond donors (Lipinski definition) is 1. The molecule has 0 spiro atoms. The molecule has 1 saturated heterocycles. The molecule has 1 rings (SSSR count). The molecular weight excluding hydrogens is 166 g/mol. The van der Waals surface area contributed by atoms with Crippen molar-refractivity contribution in [1.29, 1.82) is 0 Å². The first kappa shape index (κ1) is 10.5. The van der Waals surface area contributed by atoms with Crippen molar-refractivity contribution in [2.75, 3.05) is 13.2 Å². The maximum Gasteiger partial charge on any atom is 0.219 e. The number of amides is 1. The molecule has 1 N–H and O–H groups in total. The van der Waals surface area contributed by atoms with Crippen LogP contribution >= 0.6 is 0 Å². The Morgan fingerprint density at radius 3 is 2.92 bits per heavy atom. The van der Waals surface area contributed by atoms with Crippen molar-refractivity contribution in [3.05, 3.63) is 0 Å². The smallest absolute Gasteiger partial charge is 0.219 e. The van der Waals surface area contributed by atoms with Crippen LogP contribution in [0.1, 0.15) is 33.1 Å². The second-order valence-corrected chi connectivity index (χ2v) is 3.52. The average molecular weight is 185 g/mol. The number of carbonyl (C=O) groups is 1. The third-order valence-corrected chi connectivity index (χ3v) is 2.63. The summed E-state index contributed by atoms with van der Waals surface area (Å²) in [6, 6.07) is 0. The highest BCUT2D eigenvalue weighted by Gasteiger charge is 2.26. The molecule has 0 aromatic carbocycles. The molecule has 0 bridgehead atoms. The molecular formula is C10H19NO2. The Balaban J connectivity index is 2.23. The first-order valence-electron chi connectivity index (χ1n) is 5.16. The molecule has 3 nitrogen and oxygen atoms in total. The molecule has 3 heteroatoms. The van der Waals surface area contributed by atoms with Crippen molar-refractivity contribution < 1.29 is 9.53 Å². The van der Waals surface area contributed by atoms with E-state index in [-0.39, 0.29) is 5.91 Å². The van der Waals surface area contributed by atoms with Crippen LogP contribution in [-0.2, 0) is 9.53 Å². The highest BCUT2D eigenvalue weighted by atomic mass is 16.5. The molecule has 0 aromatic heterocycles. The van der Waals surface area contributed by atoms with Crippen molar-refractivity contribution in [2.24, 2.45) is 5.92 Å². The van der Waals surface area contributed by atoms with Gasteiger partial charge in [-0.15, -0.1) is 0 Å². The quantitative estimate of drug-likeness (QED) is 0.717. The van der Waals surface area contributed by atoms with Crippen LogP contribution < -0.4 is 5.32 Å². The van der Waals surface area contributed by atoms with E-state index in [0.717, 1.165) is 26.0 Å². The first-order chi connectivity index (χ1) is 6.27. The fourth-order valence-corrected chi connectivity index (χ4v) is 1.75. The Labute approximate surface area is 79.8 Å². The molecule has 13 heavy (non-hydrogen) atoms. The van der Waals surface area contributed by atoms with Crippen LogP contribution in [0.4, 0.5) is 0 Å². The highest BCUT2D eigenvalue weighted by molar-refractivity contribution is 5.75. The van der Waals surface area contributed by atoms with Crippen molar-refractivity contribution in [1.82, 2.24) is 5.32 Å². The molecule has 0 radical (unpaired) electrons. The van der Waals surface area contributed by atoms with Crippen molar-refractivity contribution in [3.63, 3.8) is 0 Å².